The van der Waals surface area contributed by atoms with Crippen molar-refractivity contribution < 1.29 is 38.9 Å². The summed E-state index contributed by atoms with van der Waals surface area (Å²) in [6, 6.07) is 9.01. The van der Waals surface area contributed by atoms with Crippen molar-refractivity contribution in [2.75, 3.05) is 13.7 Å². The Labute approximate surface area is 228 Å². The lowest BCUT2D eigenvalue weighted by molar-refractivity contribution is -0.146. The van der Waals surface area contributed by atoms with Crippen LogP contribution in [0.5, 0.6) is 11.5 Å². The predicted octanol–water partition coefficient (Wildman–Crippen LogP) is 2.80. The van der Waals surface area contributed by atoms with Gasteiger partial charge in [-0.2, -0.15) is 0 Å². The quantitative estimate of drug-likeness (QED) is 0.334. The van der Waals surface area contributed by atoms with E-state index in [4.69, 9.17) is 4.74 Å². The number of nitrogens with zero attached hydrogens (tertiary/aromatic N) is 1. The highest BCUT2D eigenvalue weighted by molar-refractivity contribution is 5.93. The monoisotopic (exact) mass is 543 g/mol. The maximum Gasteiger partial charge on any atom is 0.408 e. The fourth-order valence-electron chi connectivity index (χ4n) is 3.80. The molecule has 0 saturated carbocycles. The largest absolute Gasteiger partial charge is 0.508 e. The van der Waals surface area contributed by atoms with E-state index in [1.807, 2.05) is 0 Å². The van der Waals surface area contributed by atoms with Gasteiger partial charge in [-0.3, -0.25) is 14.4 Å². The van der Waals surface area contributed by atoms with Gasteiger partial charge >= 0.3 is 12.1 Å². The number of benzene rings is 2. The number of aromatic hydroxyl groups is 2. The van der Waals surface area contributed by atoms with E-state index in [-0.39, 0.29) is 17.9 Å². The molecule has 2 unspecified atom stereocenters. The average Bonchev–Trinajstić information content (AvgIpc) is 2.85. The first kappa shape index (κ1) is 30.9. The first-order valence-electron chi connectivity index (χ1n) is 12.4. The Morgan fingerprint density at radius 3 is 1.95 bits per heavy atom. The molecule has 2 atom stereocenters. The third kappa shape index (κ3) is 9.51. The van der Waals surface area contributed by atoms with Crippen LogP contribution in [-0.4, -0.2) is 70.3 Å². The van der Waals surface area contributed by atoms with Crippen LogP contribution in [0.3, 0.4) is 0 Å². The van der Waals surface area contributed by atoms with Crippen LogP contribution in [0, 0.1) is 0 Å². The number of hydrogen-bond donors (Lipinski definition) is 4. The van der Waals surface area contributed by atoms with E-state index in [0.29, 0.717) is 11.1 Å². The van der Waals surface area contributed by atoms with Crippen LogP contribution in [0.15, 0.2) is 48.5 Å². The Bertz CT molecular complexity index is 1140. The zero-order valence-corrected chi connectivity index (χ0v) is 23.1. The Balaban J connectivity index is 2.52. The summed E-state index contributed by atoms with van der Waals surface area (Å²) in [6.07, 6.45) is -0.784. The molecule has 2 aromatic carbocycles. The normalized spacial score (nSPS) is 12.7. The van der Waals surface area contributed by atoms with E-state index >= 15 is 0 Å². The summed E-state index contributed by atoms with van der Waals surface area (Å²) in [5.74, 6) is -1.91. The molecule has 11 heteroatoms. The predicted molar refractivity (Wildman–Crippen MR) is 143 cm³/mol. The van der Waals surface area contributed by atoms with Crippen molar-refractivity contribution in [3.8, 4) is 11.5 Å². The van der Waals surface area contributed by atoms with Crippen molar-refractivity contribution >= 4 is 23.9 Å². The van der Waals surface area contributed by atoms with E-state index in [2.05, 4.69) is 15.4 Å². The molecular weight excluding hydrogens is 506 g/mol. The summed E-state index contributed by atoms with van der Waals surface area (Å²) in [5, 5.41) is 24.6. The fraction of sp³-hybridized carbons (Fsp3) is 0.429. The second kappa shape index (κ2) is 13.5. The summed E-state index contributed by atoms with van der Waals surface area (Å²) >= 11 is 0. The van der Waals surface area contributed by atoms with Gasteiger partial charge < -0.3 is 35.2 Å². The minimum absolute atomic E-state index is 0.0354. The Kier molecular flexibility index (Phi) is 10.7. The molecule has 212 valence electrons. The minimum atomic E-state index is -1.22. The summed E-state index contributed by atoms with van der Waals surface area (Å²) in [6.45, 7) is 8.08. The van der Waals surface area contributed by atoms with Crippen LogP contribution in [-0.2, 0) is 30.3 Å². The summed E-state index contributed by atoms with van der Waals surface area (Å²) in [4.78, 5) is 53.3. The molecule has 2 aromatic rings. The molecule has 0 saturated heterocycles. The molecule has 0 radical (unpaired) electrons. The number of phenols is 2. The van der Waals surface area contributed by atoms with Crippen LogP contribution >= 0.6 is 0 Å². The highest BCUT2D eigenvalue weighted by Gasteiger charge is 2.38. The highest BCUT2D eigenvalue weighted by Crippen LogP contribution is 2.27. The molecular formula is C28H37N3O8. The molecule has 4 N–H and O–H groups in total. The molecule has 39 heavy (non-hydrogen) atoms. The van der Waals surface area contributed by atoms with E-state index in [1.54, 1.807) is 46.8 Å². The number of carbonyl (C=O) groups excluding carboxylic acids is 4. The maximum atomic E-state index is 14.1. The maximum absolute atomic E-state index is 14.1. The Hall–Kier alpha value is -4.28. The van der Waals surface area contributed by atoms with Crippen LogP contribution in [0.25, 0.3) is 0 Å². The van der Waals surface area contributed by atoms with Gasteiger partial charge in [-0.05, 0) is 70.0 Å². The lowest BCUT2D eigenvalue weighted by Crippen LogP contribution is -2.56. The number of phenolic OH excluding ortho intramolecular Hbond substituents is 2. The summed E-state index contributed by atoms with van der Waals surface area (Å²) in [7, 11) is 1.19. The number of amides is 3. The molecule has 3 amide bonds. The second-order valence-electron chi connectivity index (χ2n) is 10.2. The summed E-state index contributed by atoms with van der Waals surface area (Å²) in [5.41, 5.74) is 0.191. The third-order valence-corrected chi connectivity index (χ3v) is 5.55. The fourth-order valence-corrected chi connectivity index (χ4v) is 3.80. The van der Waals surface area contributed by atoms with Crippen molar-refractivity contribution in [2.45, 2.75) is 64.8 Å². The lowest BCUT2D eigenvalue weighted by Gasteiger charge is -2.37. The molecule has 0 aromatic heterocycles. The van der Waals surface area contributed by atoms with Crippen LogP contribution in [0.2, 0.25) is 0 Å². The van der Waals surface area contributed by atoms with Crippen molar-refractivity contribution in [1.29, 1.82) is 0 Å². The molecule has 0 aliphatic rings. The molecule has 0 fully saturated rings. The van der Waals surface area contributed by atoms with Gasteiger partial charge in [0.1, 0.15) is 35.7 Å². The molecule has 11 nitrogen and oxygen atoms in total. The number of carbonyl (C=O) groups is 4. The van der Waals surface area contributed by atoms with Crippen molar-refractivity contribution in [3.63, 3.8) is 0 Å². The van der Waals surface area contributed by atoms with Gasteiger partial charge in [-0.1, -0.05) is 24.3 Å². The first-order valence-corrected chi connectivity index (χ1v) is 12.4. The van der Waals surface area contributed by atoms with Crippen LogP contribution in [0.1, 0.15) is 51.8 Å². The standard InChI is InChI=1S/C28H37N3O8/c1-17(2)31(24(19-9-13-21(33)14-10-19)25(35)29-16-23(34)38-6)26(36)22(30-27(37)39-28(3,4)5)15-18-7-11-20(32)12-8-18/h7-14,17,22,24,32-33H,15-16H2,1-6H3,(H,29,35)(H,30,37). The molecule has 0 aliphatic carbocycles. The molecule has 0 heterocycles. The van der Waals surface area contributed by atoms with E-state index < -0.39 is 54.1 Å². The number of ether oxygens (including phenoxy) is 2. The second-order valence-corrected chi connectivity index (χ2v) is 10.2. The van der Waals surface area contributed by atoms with Crippen LogP contribution in [0.4, 0.5) is 4.79 Å². The molecule has 0 aliphatic heterocycles. The Morgan fingerprint density at radius 2 is 1.46 bits per heavy atom. The van der Waals surface area contributed by atoms with Gasteiger partial charge in [0, 0.05) is 12.5 Å². The highest BCUT2D eigenvalue weighted by atomic mass is 16.6. The van der Waals surface area contributed by atoms with Crippen molar-refractivity contribution in [1.82, 2.24) is 15.5 Å². The van der Waals surface area contributed by atoms with E-state index in [9.17, 15) is 29.4 Å². The Morgan fingerprint density at radius 1 is 0.923 bits per heavy atom. The number of esters is 1. The lowest BCUT2D eigenvalue weighted by atomic mass is 9.98. The number of nitrogens with one attached hydrogen (secondary N) is 2. The van der Waals surface area contributed by atoms with E-state index in [1.165, 1.54) is 48.4 Å². The molecule has 2 rings (SSSR count). The van der Waals surface area contributed by atoms with Gasteiger partial charge in [0.05, 0.1) is 7.11 Å². The molecule has 0 spiro atoms. The van der Waals surface area contributed by atoms with Crippen molar-refractivity contribution in [3.05, 3.63) is 59.7 Å². The SMILES string of the molecule is COC(=O)CNC(=O)C(c1ccc(O)cc1)N(C(=O)C(Cc1ccc(O)cc1)NC(=O)OC(C)(C)C)C(C)C. The van der Waals surface area contributed by atoms with Gasteiger partial charge in [-0.15, -0.1) is 0 Å². The number of hydrogen-bond acceptors (Lipinski definition) is 8. The topological polar surface area (TPSA) is 154 Å². The smallest absolute Gasteiger partial charge is 0.408 e. The van der Waals surface area contributed by atoms with Crippen LogP contribution < -0.4 is 10.6 Å². The van der Waals surface area contributed by atoms with Gasteiger partial charge in [0.2, 0.25) is 11.8 Å². The average molecular weight is 544 g/mol. The summed E-state index contributed by atoms with van der Waals surface area (Å²) < 4.78 is 9.99. The van der Waals surface area contributed by atoms with Gasteiger partial charge in [0.25, 0.3) is 0 Å². The molecule has 0 bridgehead atoms. The first-order chi connectivity index (χ1) is 18.2. The number of methoxy groups -OCH3 is 1. The van der Waals surface area contributed by atoms with Gasteiger partial charge in [0.15, 0.2) is 0 Å². The number of alkyl carbamates (subject to hydrolysis) is 1. The zero-order chi connectivity index (χ0) is 29.3. The number of rotatable bonds is 10. The zero-order valence-electron chi connectivity index (χ0n) is 23.1. The van der Waals surface area contributed by atoms with Gasteiger partial charge in [-0.25, -0.2) is 4.79 Å². The van der Waals surface area contributed by atoms with E-state index in [0.717, 1.165) is 0 Å². The third-order valence-electron chi connectivity index (χ3n) is 5.55. The minimum Gasteiger partial charge on any atom is -0.508 e. The van der Waals surface area contributed by atoms with Crippen molar-refractivity contribution in [2.24, 2.45) is 0 Å².